The maximum atomic E-state index is 10.7. The molecule has 0 aromatic carbocycles. The number of nitrogens with zero attached hydrogens (tertiary/aromatic N) is 2. The normalized spacial score (nSPS) is 11.5. The molecule has 0 bridgehead atoms. The predicted octanol–water partition coefficient (Wildman–Crippen LogP) is 2.47. The van der Waals surface area contributed by atoms with E-state index in [1.165, 1.54) is 17.5 Å². The van der Waals surface area contributed by atoms with Crippen LogP contribution in [0.15, 0.2) is 6.20 Å². The average molecular weight is 228 g/mol. The van der Waals surface area contributed by atoms with E-state index in [1.54, 1.807) is 0 Å². The number of rotatable bonds is 4. The third-order valence-corrected chi connectivity index (χ3v) is 3.83. The van der Waals surface area contributed by atoms with Crippen molar-refractivity contribution in [1.29, 1.82) is 0 Å². The summed E-state index contributed by atoms with van der Waals surface area (Å²) < 4.78 is 0. The van der Waals surface area contributed by atoms with Crippen LogP contribution in [0.4, 0.5) is 5.13 Å². The number of carboxylic acid groups (broad SMARTS) is 1. The predicted molar refractivity (Wildman–Crippen MR) is 61.8 cm³/mol. The summed E-state index contributed by atoms with van der Waals surface area (Å²) in [6.45, 7) is 6.31. The van der Waals surface area contributed by atoms with Crippen LogP contribution in [-0.4, -0.2) is 28.6 Å². The van der Waals surface area contributed by atoms with Gasteiger partial charge in [0.15, 0.2) is 5.13 Å². The van der Waals surface area contributed by atoms with Crippen LogP contribution in [0.5, 0.6) is 0 Å². The maximum absolute atomic E-state index is 10.7. The summed E-state index contributed by atoms with van der Waals surface area (Å²) in [5.74, 6) is -0.915. The van der Waals surface area contributed by atoms with Gasteiger partial charge in [-0.05, 0) is 20.3 Å². The summed E-state index contributed by atoms with van der Waals surface area (Å²) in [5, 5.41) is 9.54. The van der Waals surface area contributed by atoms with Gasteiger partial charge in [-0.15, -0.1) is 0 Å². The monoisotopic (exact) mass is 228 g/mol. The molecule has 0 radical (unpaired) electrons. The van der Waals surface area contributed by atoms with Crippen molar-refractivity contribution in [3.05, 3.63) is 11.1 Å². The first kappa shape index (κ1) is 12.0. The number of hydrogen-bond acceptors (Lipinski definition) is 4. The Labute approximate surface area is 93.6 Å². The Balaban J connectivity index is 2.92. The summed E-state index contributed by atoms with van der Waals surface area (Å²) in [4.78, 5) is 17.1. The van der Waals surface area contributed by atoms with Crippen LogP contribution in [0.1, 0.15) is 36.9 Å². The molecule has 0 amide bonds. The number of aromatic nitrogens is 1. The molecule has 0 aliphatic heterocycles. The zero-order valence-electron chi connectivity index (χ0n) is 9.44. The van der Waals surface area contributed by atoms with E-state index in [1.807, 2.05) is 11.9 Å². The van der Waals surface area contributed by atoms with Crippen molar-refractivity contribution in [1.82, 2.24) is 4.98 Å². The van der Waals surface area contributed by atoms with Crippen molar-refractivity contribution < 1.29 is 9.90 Å². The Morgan fingerprint density at radius 2 is 2.27 bits per heavy atom. The highest BCUT2D eigenvalue weighted by Crippen LogP contribution is 2.28. The molecule has 0 spiro atoms. The molecule has 1 N–H and O–H groups in total. The Bertz CT molecular complexity index is 360. The van der Waals surface area contributed by atoms with Crippen LogP contribution in [0, 0.1) is 0 Å². The second-order valence-corrected chi connectivity index (χ2v) is 5.05. The molecule has 0 saturated carbocycles. The Morgan fingerprint density at radius 1 is 1.67 bits per heavy atom. The SMILES string of the molecule is CCC(C)(C)N(C)c1ncc(C(=O)O)s1. The molecule has 4 nitrogen and oxygen atoms in total. The van der Waals surface area contributed by atoms with E-state index >= 15 is 0 Å². The lowest BCUT2D eigenvalue weighted by Gasteiger charge is -2.34. The molecule has 0 fully saturated rings. The van der Waals surface area contributed by atoms with Gasteiger partial charge in [0.1, 0.15) is 4.88 Å². The topological polar surface area (TPSA) is 53.4 Å². The largest absolute Gasteiger partial charge is 0.477 e. The van der Waals surface area contributed by atoms with Gasteiger partial charge in [-0.25, -0.2) is 9.78 Å². The standard InChI is InChI=1S/C10H16N2O2S/c1-5-10(2,3)12(4)9-11-6-7(15-9)8(13)14/h6H,5H2,1-4H3,(H,13,14). The fourth-order valence-corrected chi connectivity index (χ4v) is 1.89. The van der Waals surface area contributed by atoms with Crippen LogP contribution in [0.25, 0.3) is 0 Å². The van der Waals surface area contributed by atoms with Crippen LogP contribution in [-0.2, 0) is 0 Å². The van der Waals surface area contributed by atoms with Crippen molar-refractivity contribution in [3.63, 3.8) is 0 Å². The van der Waals surface area contributed by atoms with Gasteiger partial charge in [0, 0.05) is 12.6 Å². The highest BCUT2D eigenvalue weighted by Gasteiger charge is 2.24. The van der Waals surface area contributed by atoms with Gasteiger partial charge in [0.25, 0.3) is 0 Å². The summed E-state index contributed by atoms with van der Waals surface area (Å²) in [6.07, 6.45) is 2.38. The molecular weight excluding hydrogens is 212 g/mol. The number of aromatic carboxylic acids is 1. The third kappa shape index (κ3) is 2.47. The highest BCUT2D eigenvalue weighted by atomic mass is 32.1. The smallest absolute Gasteiger partial charge is 0.347 e. The molecule has 0 atom stereocenters. The molecule has 0 aliphatic carbocycles. The minimum Gasteiger partial charge on any atom is -0.477 e. The van der Waals surface area contributed by atoms with Crippen molar-refractivity contribution in [2.75, 3.05) is 11.9 Å². The fraction of sp³-hybridized carbons (Fsp3) is 0.600. The van der Waals surface area contributed by atoms with E-state index < -0.39 is 5.97 Å². The number of thiazole rings is 1. The van der Waals surface area contributed by atoms with E-state index in [-0.39, 0.29) is 10.4 Å². The zero-order chi connectivity index (χ0) is 11.6. The van der Waals surface area contributed by atoms with E-state index in [9.17, 15) is 4.79 Å². The van der Waals surface area contributed by atoms with Gasteiger partial charge in [-0.3, -0.25) is 0 Å². The van der Waals surface area contributed by atoms with Crippen molar-refractivity contribution in [2.24, 2.45) is 0 Å². The summed E-state index contributed by atoms with van der Waals surface area (Å²) in [7, 11) is 1.94. The van der Waals surface area contributed by atoms with E-state index in [0.29, 0.717) is 0 Å². The number of carbonyl (C=O) groups is 1. The lowest BCUT2D eigenvalue weighted by Crippen LogP contribution is -2.40. The fourth-order valence-electron chi connectivity index (χ4n) is 1.01. The van der Waals surface area contributed by atoms with Gasteiger partial charge in [0.05, 0.1) is 6.20 Å². The molecule has 0 saturated heterocycles. The van der Waals surface area contributed by atoms with Crippen LogP contribution >= 0.6 is 11.3 Å². The van der Waals surface area contributed by atoms with Crippen molar-refractivity contribution >= 4 is 22.4 Å². The number of carboxylic acids is 1. The van der Waals surface area contributed by atoms with Crippen LogP contribution in [0.2, 0.25) is 0 Å². The second kappa shape index (κ2) is 4.18. The molecule has 1 aromatic heterocycles. The van der Waals surface area contributed by atoms with Crippen molar-refractivity contribution in [3.8, 4) is 0 Å². The highest BCUT2D eigenvalue weighted by molar-refractivity contribution is 7.17. The third-order valence-electron chi connectivity index (χ3n) is 2.76. The van der Waals surface area contributed by atoms with Crippen LogP contribution < -0.4 is 4.90 Å². The van der Waals surface area contributed by atoms with Gasteiger partial charge >= 0.3 is 5.97 Å². The van der Waals surface area contributed by atoms with E-state index in [2.05, 4.69) is 25.8 Å². The first-order chi connectivity index (χ1) is 6.88. The molecule has 1 rings (SSSR count). The second-order valence-electron chi connectivity index (χ2n) is 4.04. The van der Waals surface area contributed by atoms with Gasteiger partial charge in [-0.2, -0.15) is 0 Å². The zero-order valence-corrected chi connectivity index (χ0v) is 10.3. The van der Waals surface area contributed by atoms with Crippen molar-refractivity contribution in [2.45, 2.75) is 32.7 Å². The summed E-state index contributed by atoms with van der Waals surface area (Å²) >= 11 is 1.21. The van der Waals surface area contributed by atoms with Gasteiger partial charge in [0.2, 0.25) is 0 Å². The minimum atomic E-state index is -0.915. The minimum absolute atomic E-state index is 0.00632. The summed E-state index contributed by atoms with van der Waals surface area (Å²) in [5.41, 5.74) is -0.00632. The number of anilines is 1. The lowest BCUT2D eigenvalue weighted by molar-refractivity contribution is 0.0702. The molecule has 0 unspecified atom stereocenters. The van der Waals surface area contributed by atoms with Gasteiger partial charge in [-0.1, -0.05) is 18.3 Å². The molecule has 5 heteroatoms. The van der Waals surface area contributed by atoms with E-state index in [4.69, 9.17) is 5.11 Å². The Morgan fingerprint density at radius 3 is 2.67 bits per heavy atom. The number of hydrogen-bond donors (Lipinski definition) is 1. The molecular formula is C10H16N2O2S. The molecule has 15 heavy (non-hydrogen) atoms. The molecule has 0 aliphatic rings. The molecule has 84 valence electrons. The quantitative estimate of drug-likeness (QED) is 0.860. The molecule has 1 aromatic rings. The Hall–Kier alpha value is -1.10. The maximum Gasteiger partial charge on any atom is 0.347 e. The average Bonchev–Trinajstić information content (AvgIpc) is 2.65. The van der Waals surface area contributed by atoms with E-state index in [0.717, 1.165) is 11.6 Å². The molecule has 1 heterocycles. The lowest BCUT2D eigenvalue weighted by atomic mass is 10.0. The van der Waals surface area contributed by atoms with Crippen LogP contribution in [0.3, 0.4) is 0 Å². The first-order valence-electron chi connectivity index (χ1n) is 4.81. The summed E-state index contributed by atoms with van der Waals surface area (Å²) in [6, 6.07) is 0. The first-order valence-corrected chi connectivity index (χ1v) is 5.63. The Kier molecular flexibility index (Phi) is 3.34. The van der Waals surface area contributed by atoms with Gasteiger partial charge < -0.3 is 10.0 Å².